The number of hydrogen-bond acceptors (Lipinski definition) is 2. The third-order valence-electron chi connectivity index (χ3n) is 12.8. The van der Waals surface area contributed by atoms with Gasteiger partial charge in [0.15, 0.2) is 0 Å². The van der Waals surface area contributed by atoms with Crippen LogP contribution in [0.25, 0.3) is 110 Å². The molecule has 0 aliphatic heterocycles. The molecule has 0 N–H and O–H groups in total. The van der Waals surface area contributed by atoms with Crippen LogP contribution in [0, 0.1) is 22.7 Å². The lowest BCUT2D eigenvalue weighted by atomic mass is 9.96. The molecule has 12 rings (SSSR count). The number of fused-ring (bicyclic) bond motifs is 14. The molecule has 0 amide bonds. The van der Waals surface area contributed by atoms with E-state index in [9.17, 15) is 23.7 Å². The molecule has 0 unspecified atom stereocenters. The summed E-state index contributed by atoms with van der Waals surface area (Å²) in [4.78, 5) is 0. The Labute approximate surface area is 351 Å². The molecule has 294 valence electrons. The number of benzene rings is 8. The molecule has 0 radical (unpaired) electrons. The van der Waals surface area contributed by atoms with Crippen LogP contribution in [0.2, 0.25) is 0 Å². The topological polar surface area (TPSA) is 67.3 Å². The van der Waals surface area contributed by atoms with Crippen LogP contribution >= 0.6 is 0 Å². The number of alkyl halides is 3. The van der Waals surface area contributed by atoms with E-state index in [1.54, 1.807) is 0 Å². The molecule has 12 aromatic rings. The highest BCUT2D eigenvalue weighted by Crippen LogP contribution is 2.46. The van der Waals surface area contributed by atoms with Gasteiger partial charge in [0.2, 0.25) is 0 Å². The maximum absolute atomic E-state index is 14.6. The van der Waals surface area contributed by atoms with Gasteiger partial charge in [0.1, 0.15) is 11.6 Å². The molecule has 8 aromatic carbocycles. The van der Waals surface area contributed by atoms with Crippen molar-refractivity contribution in [2.24, 2.45) is 14.1 Å². The van der Waals surface area contributed by atoms with Crippen LogP contribution in [0.3, 0.4) is 0 Å². The Balaban J connectivity index is 1.33. The van der Waals surface area contributed by atoms with E-state index in [1.165, 1.54) is 6.07 Å². The minimum Gasteiger partial charge on any atom is -0.344 e. The SMILES string of the molecule is Cn1c2ccccc2c2c1ccc1c3ccccc3n(-c3cc(-c4cc(C#N)cc(C(F)(F)F)c4)cc(-n4c5ccccc5c5ccc6c(c7ccccc7n6C)c54)c3C#N)c12. The van der Waals surface area contributed by atoms with Gasteiger partial charge in [-0.2, -0.15) is 23.7 Å². The Hall–Kier alpha value is -8.27. The van der Waals surface area contributed by atoms with Crippen LogP contribution in [0.15, 0.2) is 152 Å². The molecule has 0 aliphatic carbocycles. The largest absolute Gasteiger partial charge is 0.416 e. The van der Waals surface area contributed by atoms with Gasteiger partial charge in [-0.25, -0.2) is 0 Å². The van der Waals surface area contributed by atoms with Crippen molar-refractivity contribution in [3.63, 3.8) is 0 Å². The number of aromatic nitrogens is 4. The summed E-state index contributed by atoms with van der Waals surface area (Å²) in [7, 11) is 4.08. The number of nitrogens with zero attached hydrogens (tertiary/aromatic N) is 6. The van der Waals surface area contributed by atoms with Gasteiger partial charge in [-0.05, 0) is 77.9 Å². The van der Waals surface area contributed by atoms with Crippen molar-refractivity contribution in [3.8, 4) is 34.6 Å². The number of nitriles is 2. The van der Waals surface area contributed by atoms with Crippen LogP contribution in [0.5, 0.6) is 0 Å². The normalized spacial score (nSPS) is 12.2. The summed E-state index contributed by atoms with van der Waals surface area (Å²) in [6.45, 7) is 0. The highest BCUT2D eigenvalue weighted by molar-refractivity contribution is 6.27. The average molecular weight is 809 g/mol. The molecule has 9 heteroatoms. The molecule has 0 saturated carbocycles. The molecule has 0 spiro atoms. The van der Waals surface area contributed by atoms with Crippen LogP contribution in [-0.4, -0.2) is 18.3 Å². The fourth-order valence-corrected chi connectivity index (χ4v) is 10.2. The van der Waals surface area contributed by atoms with E-state index in [0.717, 1.165) is 99.4 Å². The van der Waals surface area contributed by atoms with Crippen molar-refractivity contribution in [1.29, 1.82) is 10.5 Å². The van der Waals surface area contributed by atoms with E-state index in [1.807, 2.05) is 93.0 Å². The molecule has 0 saturated heterocycles. The molecule has 0 atom stereocenters. The summed E-state index contributed by atoms with van der Waals surface area (Å²) in [5, 5.41) is 29.7. The average Bonchev–Trinajstić information content (AvgIpc) is 4.00. The zero-order chi connectivity index (χ0) is 42.2. The molecule has 4 heterocycles. The Bertz CT molecular complexity index is 3810. The van der Waals surface area contributed by atoms with Gasteiger partial charge in [-0.1, -0.05) is 84.9 Å². The van der Waals surface area contributed by atoms with E-state index < -0.39 is 11.7 Å². The second kappa shape index (κ2) is 12.6. The van der Waals surface area contributed by atoms with Gasteiger partial charge in [0.05, 0.1) is 61.7 Å². The van der Waals surface area contributed by atoms with Crippen LogP contribution in [0.1, 0.15) is 16.7 Å². The number of aryl methyl sites for hydroxylation is 2. The van der Waals surface area contributed by atoms with E-state index in [0.29, 0.717) is 22.5 Å². The van der Waals surface area contributed by atoms with Gasteiger partial charge >= 0.3 is 6.18 Å². The highest BCUT2D eigenvalue weighted by atomic mass is 19.4. The standard InChI is InChI=1S/C53H31F3N6/c1-59-41-15-7-5-13-38(41)49-45(59)21-19-36-34-11-3-9-17-43(34)61(51(36)49)47-26-32(31-23-30(28-57)24-33(25-31)53(54,55)56)27-48(40(47)29-58)62-44-18-10-4-12-35(44)37-20-22-46-50(52(37)62)39-14-6-8-16-42(39)60(46)2/h3-27H,1-2H3. The number of para-hydroxylation sites is 4. The molecular weight excluding hydrogens is 778 g/mol. The third-order valence-corrected chi connectivity index (χ3v) is 12.8. The van der Waals surface area contributed by atoms with Crippen molar-refractivity contribution in [3.05, 3.63) is 168 Å². The number of hydrogen-bond donors (Lipinski definition) is 0. The maximum atomic E-state index is 14.6. The first kappa shape index (κ1) is 35.7. The molecule has 0 aliphatic rings. The Kier molecular flexibility index (Phi) is 7.26. The molecule has 62 heavy (non-hydrogen) atoms. The Morgan fingerprint density at radius 1 is 0.435 bits per heavy atom. The summed E-state index contributed by atoms with van der Waals surface area (Å²) >= 11 is 0. The molecule has 4 aromatic heterocycles. The minimum absolute atomic E-state index is 0.120. The van der Waals surface area contributed by atoms with Crippen molar-refractivity contribution in [1.82, 2.24) is 18.3 Å². The quantitative estimate of drug-likeness (QED) is 0.178. The monoisotopic (exact) mass is 808 g/mol. The summed E-state index contributed by atoms with van der Waals surface area (Å²) < 4.78 is 52.4. The summed E-state index contributed by atoms with van der Waals surface area (Å²) in [5.41, 5.74) is 8.40. The zero-order valence-corrected chi connectivity index (χ0v) is 33.3. The number of halogens is 3. The van der Waals surface area contributed by atoms with Gasteiger partial charge in [0, 0.05) is 68.2 Å². The van der Waals surface area contributed by atoms with Crippen molar-refractivity contribution < 1.29 is 13.2 Å². The van der Waals surface area contributed by atoms with Crippen molar-refractivity contribution in [2.45, 2.75) is 6.18 Å². The lowest BCUT2D eigenvalue weighted by Gasteiger charge is -2.19. The second-order valence-corrected chi connectivity index (χ2v) is 16.0. The first-order valence-electron chi connectivity index (χ1n) is 20.2. The van der Waals surface area contributed by atoms with Crippen molar-refractivity contribution >= 4 is 87.2 Å². The van der Waals surface area contributed by atoms with Crippen LogP contribution in [0.4, 0.5) is 13.2 Å². The van der Waals surface area contributed by atoms with Crippen molar-refractivity contribution in [2.75, 3.05) is 0 Å². The smallest absolute Gasteiger partial charge is 0.344 e. The highest BCUT2D eigenvalue weighted by Gasteiger charge is 2.32. The molecular formula is C53H31F3N6. The molecule has 0 bridgehead atoms. The molecule has 6 nitrogen and oxygen atoms in total. The second-order valence-electron chi connectivity index (χ2n) is 16.0. The Morgan fingerprint density at radius 3 is 1.32 bits per heavy atom. The van der Waals surface area contributed by atoms with Gasteiger partial charge < -0.3 is 18.3 Å². The first-order valence-corrected chi connectivity index (χ1v) is 20.2. The predicted molar refractivity (Wildman–Crippen MR) is 243 cm³/mol. The maximum Gasteiger partial charge on any atom is 0.416 e. The first-order chi connectivity index (χ1) is 30.2. The number of rotatable bonds is 3. The zero-order valence-electron chi connectivity index (χ0n) is 33.3. The van der Waals surface area contributed by atoms with Gasteiger partial charge in [0.25, 0.3) is 0 Å². The summed E-state index contributed by atoms with van der Waals surface area (Å²) in [6.07, 6.45) is -4.71. The van der Waals surface area contributed by atoms with Gasteiger partial charge in [-0.3, -0.25) is 0 Å². The van der Waals surface area contributed by atoms with E-state index in [2.05, 4.69) is 85.0 Å². The minimum atomic E-state index is -4.71. The van der Waals surface area contributed by atoms with E-state index in [-0.39, 0.29) is 11.1 Å². The Morgan fingerprint density at radius 2 is 0.871 bits per heavy atom. The van der Waals surface area contributed by atoms with Crippen LogP contribution in [-0.2, 0) is 20.3 Å². The van der Waals surface area contributed by atoms with E-state index in [4.69, 9.17) is 0 Å². The summed E-state index contributed by atoms with van der Waals surface area (Å²) in [6, 6.07) is 52.7. The fraction of sp³-hybridized carbons (Fsp3) is 0.0566. The lowest BCUT2D eigenvalue weighted by molar-refractivity contribution is -0.137. The predicted octanol–water partition coefficient (Wildman–Crippen LogP) is 13.6. The van der Waals surface area contributed by atoms with Crippen LogP contribution < -0.4 is 0 Å². The summed E-state index contributed by atoms with van der Waals surface area (Å²) in [5.74, 6) is 0. The van der Waals surface area contributed by atoms with Gasteiger partial charge in [-0.15, -0.1) is 0 Å². The third kappa shape index (κ3) is 4.73. The van der Waals surface area contributed by atoms with E-state index >= 15 is 0 Å². The lowest BCUT2D eigenvalue weighted by Crippen LogP contribution is -2.07. The molecule has 0 fully saturated rings. The fourth-order valence-electron chi connectivity index (χ4n) is 10.2.